The van der Waals surface area contributed by atoms with Gasteiger partial charge < -0.3 is 4.57 Å². The van der Waals surface area contributed by atoms with Crippen molar-refractivity contribution in [3.8, 4) is 28.1 Å². The first-order chi connectivity index (χ1) is 29.2. The second kappa shape index (κ2) is 15.8. The largest absolute Gasteiger partial charge is 0.307 e. The van der Waals surface area contributed by atoms with Gasteiger partial charge in [-0.25, -0.2) is 4.98 Å². The van der Waals surface area contributed by atoms with Crippen molar-refractivity contribution in [1.29, 1.82) is 0 Å². The Balaban J connectivity index is 1.09. The van der Waals surface area contributed by atoms with Gasteiger partial charge in [-0.05, 0) is 63.7 Å². The molecule has 0 radical (unpaired) electrons. The lowest BCUT2D eigenvalue weighted by molar-refractivity contribution is 0.704. The van der Waals surface area contributed by atoms with Gasteiger partial charge in [0.05, 0.1) is 34.8 Å². The number of fused-ring (bicyclic) bond motifs is 6. The van der Waals surface area contributed by atoms with Crippen LogP contribution >= 0.6 is 0 Å². The van der Waals surface area contributed by atoms with Crippen LogP contribution in [-0.2, 0) is 6.54 Å². The highest BCUT2D eigenvalue weighted by Crippen LogP contribution is 2.43. The second-order valence-corrected chi connectivity index (χ2v) is 14.8. The number of amidine groups is 1. The molecule has 5 heteroatoms. The van der Waals surface area contributed by atoms with E-state index in [2.05, 4.69) is 187 Å². The number of nitrogens with zero attached hydrogens (tertiary/aromatic N) is 5. The van der Waals surface area contributed by atoms with Crippen molar-refractivity contribution in [2.24, 2.45) is 15.2 Å². The molecule has 1 unspecified atom stereocenters. The maximum Gasteiger partial charge on any atom is 0.177 e. The SMILES string of the molecule is CCC(/N=C(\N=N\Cc1ccc(-c2ccccc2)cc1)c1ccccc1)c1ccc(-c2nc3ccccc3c3c4ccccc4n(-c4ccccc4)c23)c2ccccc12. The van der Waals surface area contributed by atoms with E-state index < -0.39 is 0 Å². The molecule has 0 saturated carbocycles. The number of para-hydroxylation sites is 3. The smallest absolute Gasteiger partial charge is 0.177 e. The third kappa shape index (κ3) is 6.77. The fourth-order valence-electron chi connectivity index (χ4n) is 8.44. The number of benzene rings is 8. The van der Waals surface area contributed by atoms with Gasteiger partial charge in [-0.2, -0.15) is 5.11 Å². The fourth-order valence-corrected chi connectivity index (χ4v) is 8.44. The molecule has 10 rings (SSSR count). The zero-order chi connectivity index (χ0) is 39.5. The van der Waals surface area contributed by atoms with Gasteiger partial charge in [-0.1, -0.05) is 183 Å². The van der Waals surface area contributed by atoms with Gasteiger partial charge in [0.25, 0.3) is 0 Å². The summed E-state index contributed by atoms with van der Waals surface area (Å²) in [5, 5.41) is 15.4. The van der Waals surface area contributed by atoms with Crippen LogP contribution in [-0.4, -0.2) is 15.4 Å². The summed E-state index contributed by atoms with van der Waals surface area (Å²) in [7, 11) is 0. The Morgan fingerprint density at radius 3 is 1.92 bits per heavy atom. The molecule has 2 heterocycles. The molecule has 0 N–H and O–H groups in total. The van der Waals surface area contributed by atoms with Crippen LogP contribution < -0.4 is 0 Å². The molecular formula is C54H41N5. The average Bonchev–Trinajstić information content (AvgIpc) is 3.66. The minimum atomic E-state index is -0.159. The Labute approximate surface area is 343 Å². The monoisotopic (exact) mass is 759 g/mol. The van der Waals surface area contributed by atoms with E-state index >= 15 is 0 Å². The molecular weight excluding hydrogens is 719 g/mol. The fraction of sp³-hybridized carbons (Fsp3) is 0.0741. The molecule has 1 atom stereocenters. The Morgan fingerprint density at radius 1 is 0.559 bits per heavy atom. The quantitative estimate of drug-likeness (QED) is 0.0821. The molecule has 282 valence electrons. The normalized spacial score (nSPS) is 12.6. The standard InChI is InChI=1S/C54H41N5/c1-2-48(57-54(40-20-8-4-9-21-40)58-55-36-37-30-32-39(33-31-37)38-18-6-3-7-19-38)44-34-35-45(43-25-13-12-24-42(43)44)52-53-51(46-26-14-16-28-49(46)56-52)47-27-15-17-29-50(47)59(53)41-22-10-5-11-23-41/h3-35,48H,2,36H2,1H3/b57-54-,58-55+. The highest BCUT2D eigenvalue weighted by Gasteiger charge is 2.23. The van der Waals surface area contributed by atoms with E-state index in [1.165, 1.54) is 21.9 Å². The predicted octanol–water partition coefficient (Wildman–Crippen LogP) is 14.4. The van der Waals surface area contributed by atoms with Crippen molar-refractivity contribution in [3.63, 3.8) is 0 Å². The zero-order valence-electron chi connectivity index (χ0n) is 32.8. The van der Waals surface area contributed by atoms with Gasteiger partial charge >= 0.3 is 0 Å². The van der Waals surface area contributed by atoms with Crippen molar-refractivity contribution >= 4 is 49.3 Å². The summed E-state index contributed by atoms with van der Waals surface area (Å²) < 4.78 is 2.38. The van der Waals surface area contributed by atoms with E-state index in [1.807, 2.05) is 24.3 Å². The molecule has 0 aliphatic heterocycles. The van der Waals surface area contributed by atoms with Crippen molar-refractivity contribution in [1.82, 2.24) is 9.55 Å². The van der Waals surface area contributed by atoms with Gasteiger partial charge in [0, 0.05) is 33.0 Å². The molecule has 0 aliphatic carbocycles. The van der Waals surface area contributed by atoms with E-state index in [4.69, 9.17) is 20.2 Å². The summed E-state index contributed by atoms with van der Waals surface area (Å²) in [6.45, 7) is 2.65. The second-order valence-electron chi connectivity index (χ2n) is 14.8. The van der Waals surface area contributed by atoms with Crippen LogP contribution in [0.2, 0.25) is 0 Å². The molecule has 2 aromatic heterocycles. The van der Waals surface area contributed by atoms with E-state index in [0.29, 0.717) is 12.4 Å². The van der Waals surface area contributed by atoms with Crippen LogP contribution in [0.1, 0.15) is 36.1 Å². The van der Waals surface area contributed by atoms with Crippen molar-refractivity contribution in [3.05, 3.63) is 217 Å². The summed E-state index contributed by atoms with van der Waals surface area (Å²) in [5.74, 6) is 0.622. The minimum absolute atomic E-state index is 0.159. The van der Waals surface area contributed by atoms with Crippen LogP contribution in [0, 0.1) is 0 Å². The maximum absolute atomic E-state index is 5.49. The van der Waals surface area contributed by atoms with E-state index in [1.54, 1.807) is 0 Å². The number of rotatable bonds is 9. The summed E-state index contributed by atoms with van der Waals surface area (Å²) >= 11 is 0. The highest BCUT2D eigenvalue weighted by molar-refractivity contribution is 6.24. The van der Waals surface area contributed by atoms with E-state index in [9.17, 15) is 0 Å². The van der Waals surface area contributed by atoms with Gasteiger partial charge in [-0.15, -0.1) is 5.11 Å². The van der Waals surface area contributed by atoms with Crippen LogP contribution in [0.5, 0.6) is 0 Å². The number of hydrogen-bond acceptors (Lipinski definition) is 3. The van der Waals surface area contributed by atoms with Crippen molar-refractivity contribution < 1.29 is 0 Å². The first kappa shape index (κ1) is 35.9. The van der Waals surface area contributed by atoms with Crippen LogP contribution in [0.3, 0.4) is 0 Å². The van der Waals surface area contributed by atoms with Crippen LogP contribution in [0.4, 0.5) is 0 Å². The van der Waals surface area contributed by atoms with Gasteiger partial charge in [0.15, 0.2) is 5.84 Å². The molecule has 0 bridgehead atoms. The molecule has 0 spiro atoms. The van der Waals surface area contributed by atoms with Crippen molar-refractivity contribution in [2.75, 3.05) is 0 Å². The number of azo groups is 1. The lowest BCUT2D eigenvalue weighted by atomic mass is 9.92. The summed E-state index contributed by atoms with van der Waals surface area (Å²) in [4.78, 5) is 10.9. The van der Waals surface area contributed by atoms with Crippen molar-refractivity contribution in [2.45, 2.75) is 25.9 Å². The minimum Gasteiger partial charge on any atom is -0.307 e. The Hall–Kier alpha value is -7.50. The Bertz CT molecular complexity index is 3150. The predicted molar refractivity (Wildman–Crippen MR) is 245 cm³/mol. The zero-order valence-corrected chi connectivity index (χ0v) is 32.8. The molecule has 59 heavy (non-hydrogen) atoms. The van der Waals surface area contributed by atoms with Gasteiger partial charge in [0.2, 0.25) is 0 Å². The summed E-state index contributed by atoms with van der Waals surface area (Å²) in [5.41, 5.74) is 11.9. The average molecular weight is 760 g/mol. The number of aromatic nitrogens is 2. The van der Waals surface area contributed by atoms with Crippen LogP contribution in [0.25, 0.3) is 71.6 Å². The molecule has 0 amide bonds. The third-order valence-corrected chi connectivity index (χ3v) is 11.3. The van der Waals surface area contributed by atoms with Gasteiger partial charge in [0.1, 0.15) is 0 Å². The lowest BCUT2D eigenvalue weighted by Gasteiger charge is -2.18. The first-order valence-corrected chi connectivity index (χ1v) is 20.3. The number of pyridine rings is 1. The molecule has 10 aromatic rings. The third-order valence-electron chi connectivity index (χ3n) is 11.3. The Morgan fingerprint density at radius 2 is 1.17 bits per heavy atom. The number of aliphatic imine (C=N–C) groups is 1. The van der Waals surface area contributed by atoms with E-state index in [-0.39, 0.29) is 6.04 Å². The summed E-state index contributed by atoms with van der Waals surface area (Å²) in [6, 6.07) is 70.1. The number of hydrogen-bond donors (Lipinski definition) is 0. The highest BCUT2D eigenvalue weighted by atomic mass is 15.1. The lowest BCUT2D eigenvalue weighted by Crippen LogP contribution is -2.04. The topological polar surface area (TPSA) is 54.9 Å². The van der Waals surface area contributed by atoms with Gasteiger partial charge in [-0.3, -0.25) is 4.99 Å². The Kier molecular flexibility index (Phi) is 9.61. The molecule has 0 aliphatic rings. The van der Waals surface area contributed by atoms with E-state index in [0.717, 1.165) is 72.8 Å². The molecule has 8 aromatic carbocycles. The first-order valence-electron chi connectivity index (χ1n) is 20.3. The summed E-state index contributed by atoms with van der Waals surface area (Å²) in [6.07, 6.45) is 0.789. The maximum atomic E-state index is 5.49. The molecule has 5 nitrogen and oxygen atoms in total. The molecule has 0 fully saturated rings. The van der Waals surface area contributed by atoms with Crippen LogP contribution in [0.15, 0.2) is 215 Å². The molecule has 0 saturated heterocycles.